The molecule has 0 saturated carbocycles. The van der Waals surface area contributed by atoms with E-state index < -0.39 is 0 Å². The van der Waals surface area contributed by atoms with E-state index in [4.69, 9.17) is 4.98 Å². The minimum atomic E-state index is -0.313. The van der Waals surface area contributed by atoms with Crippen molar-refractivity contribution < 1.29 is 14.0 Å². The Hall–Kier alpha value is -4.07. The molecule has 4 heterocycles. The van der Waals surface area contributed by atoms with Crippen molar-refractivity contribution in [1.82, 2.24) is 14.4 Å². The van der Waals surface area contributed by atoms with Crippen LogP contribution in [0.5, 0.6) is 0 Å². The molecule has 4 aromatic rings. The second kappa shape index (κ2) is 7.51. The molecule has 1 N–H and O–H groups in total. The summed E-state index contributed by atoms with van der Waals surface area (Å²) in [7, 11) is 0. The molecule has 33 heavy (non-hydrogen) atoms. The number of imidazole rings is 1. The van der Waals surface area contributed by atoms with Gasteiger partial charge in [-0.25, -0.2) is 14.4 Å². The van der Waals surface area contributed by atoms with Crippen LogP contribution >= 0.6 is 0 Å². The smallest absolute Gasteiger partial charge is 0.228 e. The summed E-state index contributed by atoms with van der Waals surface area (Å²) < 4.78 is 15.6. The number of ketones is 1. The number of hydrogen-bond donors (Lipinski definition) is 1. The lowest BCUT2D eigenvalue weighted by Gasteiger charge is -2.27. The number of Topliss-reactive ketones (excluding diaryl/α,β-unsaturated/α-hetero) is 1. The molecular weight excluding hydrogens is 421 g/mol. The molecule has 2 aliphatic heterocycles. The number of carbonyl (C=O) groups is 2. The largest absolute Gasteiger partial charge is 0.353 e. The molecule has 0 spiro atoms. The van der Waals surface area contributed by atoms with Crippen LogP contribution in [0.3, 0.4) is 0 Å². The highest BCUT2D eigenvalue weighted by Gasteiger charge is 2.25. The van der Waals surface area contributed by atoms with E-state index in [1.807, 2.05) is 28.8 Å². The van der Waals surface area contributed by atoms with E-state index in [0.29, 0.717) is 43.7 Å². The summed E-state index contributed by atoms with van der Waals surface area (Å²) in [4.78, 5) is 35.3. The quantitative estimate of drug-likeness (QED) is 0.522. The van der Waals surface area contributed by atoms with Gasteiger partial charge in [0.15, 0.2) is 11.5 Å². The molecule has 1 fully saturated rings. The Kier molecular flexibility index (Phi) is 4.46. The lowest BCUT2D eigenvalue weighted by molar-refractivity contribution is -0.119. The number of nitrogens with zero attached hydrogens (tertiary/aromatic N) is 4. The summed E-state index contributed by atoms with van der Waals surface area (Å²) in [5.74, 6) is 0.643. The predicted octanol–water partition coefficient (Wildman–Crippen LogP) is 3.87. The molecule has 2 aromatic carbocycles. The van der Waals surface area contributed by atoms with Crippen LogP contribution in [0.1, 0.15) is 18.4 Å². The van der Waals surface area contributed by atoms with Gasteiger partial charge in [-0.05, 0) is 42.0 Å². The van der Waals surface area contributed by atoms with Crippen LogP contribution in [0.4, 0.5) is 15.9 Å². The highest BCUT2D eigenvalue weighted by atomic mass is 19.1. The average Bonchev–Trinajstić information content (AvgIpc) is 3.39. The molecule has 7 nitrogen and oxygen atoms in total. The van der Waals surface area contributed by atoms with Gasteiger partial charge in [-0.2, -0.15) is 0 Å². The lowest BCUT2D eigenvalue weighted by atomic mass is 10.0. The van der Waals surface area contributed by atoms with Crippen LogP contribution in [0.15, 0.2) is 54.9 Å². The first-order chi connectivity index (χ1) is 16.1. The zero-order valence-electron chi connectivity index (χ0n) is 17.7. The fourth-order valence-corrected chi connectivity index (χ4v) is 4.62. The number of benzene rings is 2. The summed E-state index contributed by atoms with van der Waals surface area (Å²) in [6, 6.07) is 12.1. The normalized spacial score (nSPS) is 15.7. The van der Waals surface area contributed by atoms with E-state index in [1.165, 1.54) is 12.1 Å². The van der Waals surface area contributed by atoms with E-state index in [-0.39, 0.29) is 17.5 Å². The van der Waals surface area contributed by atoms with Gasteiger partial charge in [-0.15, -0.1) is 0 Å². The average molecular weight is 441 g/mol. The van der Waals surface area contributed by atoms with Gasteiger partial charge in [-0.3, -0.25) is 14.0 Å². The van der Waals surface area contributed by atoms with Crippen molar-refractivity contribution in [2.45, 2.75) is 19.3 Å². The van der Waals surface area contributed by atoms with Crippen LogP contribution in [-0.4, -0.2) is 39.1 Å². The number of carbonyl (C=O) groups excluding carboxylic acids is 2. The molecule has 0 bridgehead atoms. The number of piperidine rings is 1. The SMILES string of the molecule is O=C1CCN(c2nccn3c(-c4ccc5c(c4)CC(=O)N5)c(-c4ccc(F)cc4)nc23)CC1. The van der Waals surface area contributed by atoms with Gasteiger partial charge in [0.25, 0.3) is 0 Å². The number of hydrogen-bond acceptors (Lipinski definition) is 5. The number of aromatic nitrogens is 3. The molecule has 0 atom stereocenters. The Balaban J connectivity index is 1.57. The van der Waals surface area contributed by atoms with E-state index >= 15 is 0 Å². The molecule has 8 heteroatoms. The number of rotatable bonds is 3. The van der Waals surface area contributed by atoms with Crippen LogP contribution in [-0.2, 0) is 16.0 Å². The maximum Gasteiger partial charge on any atom is 0.228 e. The van der Waals surface area contributed by atoms with Gasteiger partial charge >= 0.3 is 0 Å². The third-order valence-electron chi connectivity index (χ3n) is 6.27. The van der Waals surface area contributed by atoms with E-state index in [9.17, 15) is 14.0 Å². The van der Waals surface area contributed by atoms with Crippen molar-refractivity contribution in [3.63, 3.8) is 0 Å². The summed E-state index contributed by atoms with van der Waals surface area (Å²) in [5.41, 5.74) is 5.66. The summed E-state index contributed by atoms with van der Waals surface area (Å²) in [6.45, 7) is 1.21. The molecule has 0 radical (unpaired) electrons. The standard InChI is InChI=1S/C25H20FN5O2/c26-18-4-1-15(2-5-18)22-23(16-3-6-20-17(13-16)14-21(33)28-20)31-12-9-27-24(25(31)29-22)30-10-7-19(32)8-11-30/h1-6,9,12-13H,7-8,10-11,14H2,(H,28,33). The highest BCUT2D eigenvalue weighted by Crippen LogP contribution is 2.37. The zero-order valence-corrected chi connectivity index (χ0v) is 17.7. The zero-order chi connectivity index (χ0) is 22.5. The summed E-state index contributed by atoms with van der Waals surface area (Å²) in [5, 5.41) is 2.87. The highest BCUT2D eigenvalue weighted by molar-refractivity contribution is 6.00. The Morgan fingerprint density at radius 2 is 1.73 bits per heavy atom. The molecule has 0 unspecified atom stereocenters. The van der Waals surface area contributed by atoms with E-state index in [2.05, 4.69) is 15.2 Å². The number of amides is 1. The van der Waals surface area contributed by atoms with Crippen molar-refractivity contribution >= 4 is 28.8 Å². The van der Waals surface area contributed by atoms with Crippen LogP contribution in [0, 0.1) is 5.82 Å². The van der Waals surface area contributed by atoms with Crippen molar-refractivity contribution in [3.05, 3.63) is 66.2 Å². The van der Waals surface area contributed by atoms with Crippen LogP contribution in [0.2, 0.25) is 0 Å². The maximum atomic E-state index is 13.6. The van der Waals surface area contributed by atoms with Gasteiger partial charge in [0.05, 0.1) is 17.8 Å². The number of anilines is 2. The first-order valence-corrected chi connectivity index (χ1v) is 10.9. The Morgan fingerprint density at radius 3 is 2.52 bits per heavy atom. The first-order valence-electron chi connectivity index (χ1n) is 10.9. The van der Waals surface area contributed by atoms with Gasteiger partial charge in [0.2, 0.25) is 5.91 Å². The molecule has 1 saturated heterocycles. The van der Waals surface area contributed by atoms with Crippen LogP contribution in [0.25, 0.3) is 28.2 Å². The van der Waals surface area contributed by atoms with E-state index in [0.717, 1.165) is 33.9 Å². The summed E-state index contributed by atoms with van der Waals surface area (Å²) in [6.07, 6.45) is 4.91. The van der Waals surface area contributed by atoms with E-state index in [1.54, 1.807) is 18.3 Å². The minimum Gasteiger partial charge on any atom is -0.353 e. The molecule has 164 valence electrons. The molecular formula is C25H20FN5O2. The maximum absolute atomic E-state index is 13.6. The fraction of sp³-hybridized carbons (Fsp3) is 0.200. The van der Waals surface area contributed by atoms with Gasteiger partial charge in [0, 0.05) is 55.1 Å². The molecule has 2 aliphatic rings. The monoisotopic (exact) mass is 441 g/mol. The Bertz CT molecular complexity index is 1420. The third kappa shape index (κ3) is 3.34. The van der Waals surface area contributed by atoms with Crippen molar-refractivity contribution in [3.8, 4) is 22.5 Å². The van der Waals surface area contributed by atoms with Crippen molar-refractivity contribution in [2.24, 2.45) is 0 Å². The van der Waals surface area contributed by atoms with Crippen LogP contribution < -0.4 is 10.2 Å². The Morgan fingerprint density at radius 1 is 0.970 bits per heavy atom. The predicted molar refractivity (Wildman–Crippen MR) is 123 cm³/mol. The number of fused-ring (bicyclic) bond motifs is 2. The first kappa shape index (κ1) is 19.6. The lowest BCUT2D eigenvalue weighted by Crippen LogP contribution is -2.34. The van der Waals surface area contributed by atoms with Gasteiger partial charge in [-0.1, -0.05) is 6.07 Å². The third-order valence-corrected chi connectivity index (χ3v) is 6.27. The molecule has 2 aromatic heterocycles. The second-order valence-electron chi connectivity index (χ2n) is 8.38. The molecule has 6 rings (SSSR count). The minimum absolute atomic E-state index is 0.0230. The molecule has 1 amide bonds. The Labute approximate surface area is 188 Å². The molecule has 0 aliphatic carbocycles. The topological polar surface area (TPSA) is 79.6 Å². The fourth-order valence-electron chi connectivity index (χ4n) is 4.62. The van der Waals surface area contributed by atoms with Gasteiger partial charge in [0.1, 0.15) is 11.6 Å². The second-order valence-corrected chi connectivity index (χ2v) is 8.38. The van der Waals surface area contributed by atoms with Crippen molar-refractivity contribution in [1.29, 1.82) is 0 Å². The number of nitrogens with one attached hydrogen (secondary N) is 1. The number of halogens is 1. The van der Waals surface area contributed by atoms with Gasteiger partial charge < -0.3 is 10.2 Å². The summed E-state index contributed by atoms with van der Waals surface area (Å²) >= 11 is 0. The van der Waals surface area contributed by atoms with Crippen molar-refractivity contribution in [2.75, 3.05) is 23.3 Å².